The highest BCUT2D eigenvalue weighted by atomic mass is 32.2. The second-order valence-corrected chi connectivity index (χ2v) is 9.06. The van der Waals surface area contributed by atoms with Crippen molar-refractivity contribution in [2.45, 2.75) is 25.6 Å². The number of piperidine rings is 1. The number of hydrogen-bond acceptors (Lipinski definition) is 4. The molecule has 1 atom stereocenters. The summed E-state index contributed by atoms with van der Waals surface area (Å²) in [6, 6.07) is 4.96. The van der Waals surface area contributed by atoms with Crippen LogP contribution in [0.25, 0.3) is 0 Å². The van der Waals surface area contributed by atoms with Crippen LogP contribution in [0, 0.1) is 5.92 Å². The molecular formula is C18H21F3N4O3S. The first-order chi connectivity index (χ1) is 13.5. The number of sulfonamides is 1. The number of amides is 1. The van der Waals surface area contributed by atoms with Gasteiger partial charge in [0.1, 0.15) is 0 Å². The number of hydrogen-bond donors (Lipinski definition) is 1. The van der Waals surface area contributed by atoms with E-state index in [1.54, 1.807) is 6.07 Å². The summed E-state index contributed by atoms with van der Waals surface area (Å²) in [5.74, 6) is -0.776. The number of aromatic nitrogens is 2. The third-order valence-corrected chi connectivity index (χ3v) is 5.99. The van der Waals surface area contributed by atoms with E-state index in [2.05, 4.69) is 10.4 Å². The molecule has 2 heterocycles. The van der Waals surface area contributed by atoms with Crippen LogP contribution in [0.3, 0.4) is 0 Å². The van der Waals surface area contributed by atoms with Crippen LogP contribution in [0.15, 0.2) is 36.7 Å². The standard InChI is InChI=1S/C18H21F3N4O3S/c1-29(27,28)25-7-3-5-14(11-25)17(26)23-16-9-22-24(12-16)10-13-4-2-6-15(8-13)18(19,20)21/h2,4,6,8-9,12,14H,3,5,7,10-11H2,1H3,(H,23,26)/t14-/m1/s1. The number of nitrogens with zero attached hydrogens (tertiary/aromatic N) is 3. The molecule has 11 heteroatoms. The van der Waals surface area contributed by atoms with Gasteiger partial charge in [-0.15, -0.1) is 0 Å². The van der Waals surface area contributed by atoms with Crippen LogP contribution in [0.2, 0.25) is 0 Å². The number of carbonyl (C=O) groups is 1. The lowest BCUT2D eigenvalue weighted by molar-refractivity contribution is -0.137. The van der Waals surface area contributed by atoms with Crippen molar-refractivity contribution >= 4 is 21.6 Å². The van der Waals surface area contributed by atoms with Crippen molar-refractivity contribution in [2.75, 3.05) is 24.7 Å². The summed E-state index contributed by atoms with van der Waals surface area (Å²) in [4.78, 5) is 12.5. The van der Waals surface area contributed by atoms with Gasteiger partial charge in [0.25, 0.3) is 0 Å². The monoisotopic (exact) mass is 430 g/mol. The lowest BCUT2D eigenvalue weighted by atomic mass is 9.99. The van der Waals surface area contributed by atoms with Crippen LogP contribution < -0.4 is 5.32 Å². The number of benzene rings is 1. The Morgan fingerprint density at radius 3 is 2.79 bits per heavy atom. The lowest BCUT2D eigenvalue weighted by Crippen LogP contribution is -2.43. The molecule has 1 aliphatic heterocycles. The van der Waals surface area contributed by atoms with Crippen molar-refractivity contribution in [3.8, 4) is 0 Å². The van der Waals surface area contributed by atoms with E-state index in [1.165, 1.54) is 27.4 Å². The smallest absolute Gasteiger partial charge is 0.323 e. The van der Waals surface area contributed by atoms with E-state index in [-0.39, 0.29) is 19.0 Å². The summed E-state index contributed by atoms with van der Waals surface area (Å²) in [5, 5.41) is 6.77. The topological polar surface area (TPSA) is 84.3 Å². The van der Waals surface area contributed by atoms with E-state index in [9.17, 15) is 26.4 Å². The summed E-state index contributed by atoms with van der Waals surface area (Å²) >= 11 is 0. The van der Waals surface area contributed by atoms with Gasteiger partial charge in [-0.3, -0.25) is 9.48 Å². The highest BCUT2D eigenvalue weighted by Gasteiger charge is 2.31. The summed E-state index contributed by atoms with van der Waals surface area (Å²) in [7, 11) is -3.35. The Bertz CT molecular complexity index is 988. The van der Waals surface area contributed by atoms with Crippen molar-refractivity contribution in [3.63, 3.8) is 0 Å². The van der Waals surface area contributed by atoms with Gasteiger partial charge in [0, 0.05) is 19.3 Å². The quantitative estimate of drug-likeness (QED) is 0.790. The second-order valence-electron chi connectivity index (χ2n) is 7.07. The van der Waals surface area contributed by atoms with Gasteiger partial charge in [0.05, 0.1) is 36.2 Å². The molecule has 0 aliphatic carbocycles. The molecule has 158 valence electrons. The number of alkyl halides is 3. The highest BCUT2D eigenvalue weighted by Crippen LogP contribution is 2.29. The predicted octanol–water partition coefficient (Wildman–Crippen LogP) is 2.56. The van der Waals surface area contributed by atoms with E-state index in [0.717, 1.165) is 18.4 Å². The molecule has 0 spiro atoms. The number of rotatable bonds is 5. The van der Waals surface area contributed by atoms with E-state index < -0.39 is 27.7 Å². The number of carbonyl (C=O) groups excluding carboxylic acids is 1. The van der Waals surface area contributed by atoms with E-state index in [1.807, 2.05) is 0 Å². The Kier molecular flexibility index (Phi) is 5.99. The average molecular weight is 430 g/mol. The maximum absolute atomic E-state index is 12.8. The number of halogens is 3. The lowest BCUT2D eigenvalue weighted by Gasteiger charge is -2.29. The Morgan fingerprint density at radius 2 is 2.10 bits per heavy atom. The maximum atomic E-state index is 12.8. The number of anilines is 1. The van der Waals surface area contributed by atoms with Crippen molar-refractivity contribution in [1.29, 1.82) is 0 Å². The molecule has 2 aromatic rings. The largest absolute Gasteiger partial charge is 0.416 e. The van der Waals surface area contributed by atoms with Crippen molar-refractivity contribution in [2.24, 2.45) is 5.92 Å². The molecule has 1 aromatic heterocycles. The zero-order chi connectivity index (χ0) is 21.2. The predicted molar refractivity (Wildman–Crippen MR) is 101 cm³/mol. The molecule has 1 saturated heterocycles. The molecule has 3 rings (SSSR count). The maximum Gasteiger partial charge on any atom is 0.416 e. The second kappa shape index (κ2) is 8.15. The molecule has 0 bridgehead atoms. The van der Waals surface area contributed by atoms with Crippen molar-refractivity contribution in [1.82, 2.24) is 14.1 Å². The van der Waals surface area contributed by atoms with Crippen molar-refractivity contribution < 1.29 is 26.4 Å². The minimum Gasteiger partial charge on any atom is -0.323 e. The van der Waals surface area contributed by atoms with Crippen LogP contribution in [0.4, 0.5) is 18.9 Å². The molecule has 0 radical (unpaired) electrons. The van der Waals surface area contributed by atoms with E-state index in [0.29, 0.717) is 30.6 Å². The fourth-order valence-electron chi connectivity index (χ4n) is 3.25. The summed E-state index contributed by atoms with van der Waals surface area (Å²) in [6.07, 6.45) is 0.804. The van der Waals surface area contributed by atoms with Crippen LogP contribution in [-0.2, 0) is 27.5 Å². The third kappa shape index (κ3) is 5.57. The zero-order valence-corrected chi connectivity index (χ0v) is 16.5. The summed E-state index contributed by atoms with van der Waals surface area (Å²) in [6.45, 7) is 0.644. The molecule has 1 aromatic carbocycles. The Labute approximate surface area is 166 Å². The first kappa shape index (κ1) is 21.3. The SMILES string of the molecule is CS(=O)(=O)N1CCC[C@@H](C(=O)Nc2cnn(Cc3cccc(C(F)(F)F)c3)c2)C1. The Morgan fingerprint density at radius 1 is 1.34 bits per heavy atom. The first-order valence-electron chi connectivity index (χ1n) is 8.97. The van der Waals surface area contributed by atoms with Gasteiger partial charge in [0.2, 0.25) is 15.9 Å². The van der Waals surface area contributed by atoms with Gasteiger partial charge in [-0.1, -0.05) is 12.1 Å². The van der Waals surface area contributed by atoms with Crippen LogP contribution in [0.5, 0.6) is 0 Å². The normalized spacial score (nSPS) is 18.6. The van der Waals surface area contributed by atoms with Gasteiger partial charge in [-0.25, -0.2) is 12.7 Å². The van der Waals surface area contributed by atoms with Gasteiger partial charge in [-0.2, -0.15) is 18.3 Å². The van der Waals surface area contributed by atoms with Gasteiger partial charge in [0.15, 0.2) is 0 Å². The zero-order valence-electron chi connectivity index (χ0n) is 15.7. The highest BCUT2D eigenvalue weighted by molar-refractivity contribution is 7.88. The Hall–Kier alpha value is -2.40. The fourth-order valence-corrected chi connectivity index (χ4v) is 4.16. The molecule has 7 nitrogen and oxygen atoms in total. The van der Waals surface area contributed by atoms with E-state index in [4.69, 9.17) is 0 Å². The first-order valence-corrected chi connectivity index (χ1v) is 10.8. The minimum absolute atomic E-state index is 0.116. The fraction of sp³-hybridized carbons (Fsp3) is 0.444. The third-order valence-electron chi connectivity index (χ3n) is 4.72. The molecule has 0 unspecified atom stereocenters. The molecule has 0 saturated carbocycles. The van der Waals surface area contributed by atoms with Gasteiger partial charge < -0.3 is 5.32 Å². The van der Waals surface area contributed by atoms with Crippen molar-refractivity contribution in [3.05, 3.63) is 47.8 Å². The number of nitrogens with one attached hydrogen (secondary N) is 1. The van der Waals surface area contributed by atoms with Gasteiger partial charge in [-0.05, 0) is 30.5 Å². The molecule has 1 amide bonds. The van der Waals surface area contributed by atoms with Crippen LogP contribution in [-0.4, -0.2) is 47.8 Å². The molecule has 1 fully saturated rings. The van der Waals surface area contributed by atoms with Crippen LogP contribution >= 0.6 is 0 Å². The molecule has 29 heavy (non-hydrogen) atoms. The molecule has 1 aliphatic rings. The summed E-state index contributed by atoms with van der Waals surface area (Å²) in [5.41, 5.74) is 0.0961. The van der Waals surface area contributed by atoms with E-state index >= 15 is 0 Å². The summed E-state index contributed by atoms with van der Waals surface area (Å²) < 4.78 is 64.6. The average Bonchev–Trinajstić information content (AvgIpc) is 3.07. The molecule has 1 N–H and O–H groups in total. The van der Waals surface area contributed by atoms with Crippen LogP contribution in [0.1, 0.15) is 24.0 Å². The van der Waals surface area contributed by atoms with Gasteiger partial charge >= 0.3 is 6.18 Å². The molecular weight excluding hydrogens is 409 g/mol. The minimum atomic E-state index is -4.42. The Balaban J connectivity index is 1.63.